The van der Waals surface area contributed by atoms with Crippen molar-refractivity contribution in [1.29, 1.82) is 0 Å². The molecule has 1 aromatic carbocycles. The predicted octanol–water partition coefficient (Wildman–Crippen LogP) is 1.83. The van der Waals surface area contributed by atoms with Gasteiger partial charge in [0.25, 0.3) is 5.56 Å². The third-order valence-electron chi connectivity index (χ3n) is 4.23. The van der Waals surface area contributed by atoms with E-state index in [-0.39, 0.29) is 22.7 Å². The van der Waals surface area contributed by atoms with Crippen LogP contribution in [-0.2, 0) is 16.6 Å². The maximum atomic E-state index is 13.8. The van der Waals surface area contributed by atoms with Crippen LogP contribution in [0.15, 0.2) is 46.2 Å². The van der Waals surface area contributed by atoms with Crippen LogP contribution in [0.2, 0.25) is 0 Å². The summed E-state index contributed by atoms with van der Waals surface area (Å²) in [4.78, 5) is 12.1. The molecule has 0 saturated carbocycles. The average Bonchev–Trinajstić information content (AvgIpc) is 3.12. The Hall–Kier alpha value is -2.19. The van der Waals surface area contributed by atoms with E-state index in [1.165, 1.54) is 46.4 Å². The molecule has 25 heavy (non-hydrogen) atoms. The zero-order valence-electron chi connectivity index (χ0n) is 13.8. The fourth-order valence-corrected chi connectivity index (χ4v) is 4.41. The fourth-order valence-electron chi connectivity index (χ4n) is 2.87. The third-order valence-corrected chi connectivity index (χ3v) is 6.11. The average molecular weight is 366 g/mol. The van der Waals surface area contributed by atoms with Gasteiger partial charge in [0, 0.05) is 25.4 Å². The molecule has 6 nitrogen and oxygen atoms in total. The maximum absolute atomic E-state index is 13.8. The molecular weight excluding hydrogens is 347 g/mol. The van der Waals surface area contributed by atoms with Crippen LogP contribution in [0.25, 0.3) is 0 Å². The van der Waals surface area contributed by atoms with Crippen LogP contribution in [-0.4, -0.2) is 37.5 Å². The Morgan fingerprint density at radius 3 is 2.52 bits per heavy atom. The smallest absolute Gasteiger partial charge is 0.250 e. The number of aromatic nitrogens is 1. The van der Waals surface area contributed by atoms with Crippen LogP contribution in [0.4, 0.5) is 4.39 Å². The topological polar surface area (TPSA) is 68.6 Å². The van der Waals surface area contributed by atoms with E-state index in [2.05, 4.69) is 0 Å². The number of halogens is 1. The van der Waals surface area contributed by atoms with Crippen LogP contribution in [0.3, 0.4) is 0 Å². The number of pyridine rings is 1. The summed E-state index contributed by atoms with van der Waals surface area (Å²) in [6, 6.07) is 6.92. The molecule has 2 heterocycles. The van der Waals surface area contributed by atoms with Gasteiger partial charge in [0.05, 0.1) is 18.6 Å². The summed E-state index contributed by atoms with van der Waals surface area (Å²) in [6.45, 7) is 1.05. The van der Waals surface area contributed by atoms with Gasteiger partial charge < -0.3 is 9.30 Å². The van der Waals surface area contributed by atoms with Crippen LogP contribution in [0, 0.1) is 5.82 Å². The summed E-state index contributed by atoms with van der Waals surface area (Å²) >= 11 is 0. The monoisotopic (exact) mass is 366 g/mol. The SMILES string of the molecule is COc1ccc(Cn2cc(S(=O)(=O)N3CCCC3)ccc2=O)cc1F. The van der Waals surface area contributed by atoms with E-state index in [4.69, 9.17) is 4.74 Å². The second kappa shape index (κ2) is 6.97. The number of benzene rings is 1. The summed E-state index contributed by atoms with van der Waals surface area (Å²) in [7, 11) is -2.24. The largest absolute Gasteiger partial charge is 0.494 e. The van der Waals surface area contributed by atoms with Crippen molar-refractivity contribution < 1.29 is 17.5 Å². The van der Waals surface area contributed by atoms with Gasteiger partial charge in [0.2, 0.25) is 10.0 Å². The minimum atomic E-state index is -3.61. The Morgan fingerprint density at radius 2 is 1.88 bits per heavy atom. The molecule has 0 radical (unpaired) electrons. The van der Waals surface area contributed by atoms with E-state index in [9.17, 15) is 17.6 Å². The van der Waals surface area contributed by atoms with Crippen molar-refractivity contribution in [3.8, 4) is 5.75 Å². The van der Waals surface area contributed by atoms with Gasteiger partial charge in [-0.25, -0.2) is 12.8 Å². The highest BCUT2D eigenvalue weighted by molar-refractivity contribution is 7.89. The summed E-state index contributed by atoms with van der Waals surface area (Å²) < 4.78 is 46.6. The van der Waals surface area contributed by atoms with E-state index in [0.717, 1.165) is 12.8 Å². The highest BCUT2D eigenvalue weighted by atomic mass is 32.2. The van der Waals surface area contributed by atoms with Crippen molar-refractivity contribution in [2.75, 3.05) is 20.2 Å². The molecule has 1 aliphatic rings. The number of sulfonamides is 1. The number of rotatable bonds is 5. The minimum Gasteiger partial charge on any atom is -0.494 e. The van der Waals surface area contributed by atoms with Crippen molar-refractivity contribution in [3.63, 3.8) is 0 Å². The van der Waals surface area contributed by atoms with Crippen LogP contribution < -0.4 is 10.3 Å². The summed E-state index contributed by atoms with van der Waals surface area (Å²) in [6.07, 6.45) is 2.99. The lowest BCUT2D eigenvalue weighted by Gasteiger charge is -2.16. The Morgan fingerprint density at radius 1 is 1.16 bits per heavy atom. The van der Waals surface area contributed by atoms with Crippen LogP contribution in [0.1, 0.15) is 18.4 Å². The summed E-state index contributed by atoms with van der Waals surface area (Å²) in [5.41, 5.74) is 0.188. The third kappa shape index (κ3) is 3.59. The van der Waals surface area contributed by atoms with Gasteiger partial charge in [-0.1, -0.05) is 6.07 Å². The second-order valence-corrected chi connectivity index (χ2v) is 7.85. The van der Waals surface area contributed by atoms with E-state index < -0.39 is 15.8 Å². The molecule has 0 aliphatic carbocycles. The molecule has 1 aliphatic heterocycles. The zero-order valence-corrected chi connectivity index (χ0v) is 14.6. The maximum Gasteiger partial charge on any atom is 0.250 e. The van der Waals surface area contributed by atoms with Gasteiger partial charge in [-0.2, -0.15) is 4.31 Å². The second-order valence-electron chi connectivity index (χ2n) is 5.91. The summed E-state index contributed by atoms with van der Waals surface area (Å²) in [5.74, 6) is -0.421. The number of methoxy groups -OCH3 is 1. The van der Waals surface area contributed by atoms with Crippen LogP contribution in [0.5, 0.6) is 5.75 Å². The first kappa shape index (κ1) is 17.6. The highest BCUT2D eigenvalue weighted by Crippen LogP contribution is 2.21. The lowest BCUT2D eigenvalue weighted by atomic mass is 10.2. The predicted molar refractivity (Wildman–Crippen MR) is 90.7 cm³/mol. The van der Waals surface area contributed by atoms with E-state index in [0.29, 0.717) is 18.7 Å². The van der Waals surface area contributed by atoms with Crippen molar-refractivity contribution in [2.24, 2.45) is 0 Å². The van der Waals surface area contributed by atoms with Gasteiger partial charge in [-0.15, -0.1) is 0 Å². The highest BCUT2D eigenvalue weighted by Gasteiger charge is 2.27. The molecule has 0 spiro atoms. The molecule has 0 bridgehead atoms. The minimum absolute atomic E-state index is 0.0722. The normalized spacial score (nSPS) is 15.4. The molecule has 134 valence electrons. The van der Waals surface area contributed by atoms with Crippen molar-refractivity contribution in [1.82, 2.24) is 8.87 Å². The van der Waals surface area contributed by atoms with Gasteiger partial charge in [-0.05, 0) is 36.6 Å². The lowest BCUT2D eigenvalue weighted by molar-refractivity contribution is 0.386. The van der Waals surface area contributed by atoms with Gasteiger partial charge in [0.15, 0.2) is 11.6 Å². The molecule has 1 saturated heterocycles. The lowest BCUT2D eigenvalue weighted by Crippen LogP contribution is -2.29. The van der Waals surface area contributed by atoms with Crippen molar-refractivity contribution in [3.05, 3.63) is 58.3 Å². The molecule has 2 aromatic rings. The first-order chi connectivity index (χ1) is 11.9. The van der Waals surface area contributed by atoms with Gasteiger partial charge >= 0.3 is 0 Å². The van der Waals surface area contributed by atoms with Gasteiger partial charge in [-0.3, -0.25) is 4.79 Å². The fraction of sp³-hybridized carbons (Fsp3) is 0.353. The molecule has 0 atom stereocenters. The number of hydrogen-bond acceptors (Lipinski definition) is 4. The van der Waals surface area contributed by atoms with Gasteiger partial charge in [0.1, 0.15) is 0 Å². The van der Waals surface area contributed by atoms with E-state index >= 15 is 0 Å². The molecule has 0 N–H and O–H groups in total. The Bertz CT molecular complexity index is 934. The number of nitrogens with zero attached hydrogens (tertiary/aromatic N) is 2. The molecule has 8 heteroatoms. The Balaban J connectivity index is 1.92. The Labute approximate surface area is 145 Å². The number of ether oxygens (including phenoxy) is 1. The molecular formula is C17H19FN2O4S. The quantitative estimate of drug-likeness (QED) is 0.810. The molecule has 1 fully saturated rings. The molecule has 0 amide bonds. The molecule has 1 aromatic heterocycles. The van der Waals surface area contributed by atoms with E-state index in [1.807, 2.05) is 0 Å². The first-order valence-electron chi connectivity index (χ1n) is 7.95. The van der Waals surface area contributed by atoms with Crippen molar-refractivity contribution >= 4 is 10.0 Å². The van der Waals surface area contributed by atoms with Crippen molar-refractivity contribution in [2.45, 2.75) is 24.3 Å². The molecule has 3 rings (SSSR count). The van der Waals surface area contributed by atoms with E-state index in [1.54, 1.807) is 6.07 Å². The first-order valence-corrected chi connectivity index (χ1v) is 9.39. The Kier molecular flexibility index (Phi) is 4.91. The zero-order chi connectivity index (χ0) is 18.0. The number of hydrogen-bond donors (Lipinski definition) is 0. The standard InChI is InChI=1S/C17H19FN2O4S/c1-24-16-6-4-13(10-15(16)18)11-19-12-14(5-7-17(19)21)25(22,23)20-8-2-3-9-20/h4-7,10,12H,2-3,8-9,11H2,1H3. The summed E-state index contributed by atoms with van der Waals surface area (Å²) in [5, 5.41) is 0. The van der Waals surface area contributed by atoms with Crippen LogP contribution >= 0.6 is 0 Å². The molecule has 0 unspecified atom stereocenters.